The highest BCUT2D eigenvalue weighted by Crippen LogP contribution is 2.38. The van der Waals surface area contributed by atoms with E-state index in [0.717, 1.165) is 60.4 Å². The molecule has 36 heavy (non-hydrogen) atoms. The van der Waals surface area contributed by atoms with E-state index in [9.17, 15) is 4.79 Å². The monoisotopic (exact) mass is 484 g/mol. The molecule has 0 saturated carbocycles. The summed E-state index contributed by atoms with van der Waals surface area (Å²) in [5, 5.41) is 0. The molecule has 1 amide bonds. The molecule has 0 aliphatic carbocycles. The molecule has 1 atom stereocenters. The number of nitrogens with zero attached hydrogens (tertiary/aromatic N) is 7. The van der Waals surface area contributed by atoms with E-state index < -0.39 is 6.10 Å². The number of amides is 1. The predicted octanol–water partition coefficient (Wildman–Crippen LogP) is 2.44. The molecular formula is C26H28N8O2. The maximum Gasteiger partial charge on any atom is 0.267 e. The van der Waals surface area contributed by atoms with Crippen molar-refractivity contribution in [3.05, 3.63) is 60.7 Å². The fourth-order valence-corrected chi connectivity index (χ4v) is 4.92. The number of rotatable bonds is 4. The molecule has 2 aliphatic rings. The zero-order valence-corrected chi connectivity index (χ0v) is 20.3. The van der Waals surface area contributed by atoms with Crippen LogP contribution in [0, 0.1) is 0 Å². The third-order valence-electron chi connectivity index (χ3n) is 6.90. The van der Waals surface area contributed by atoms with E-state index in [1.165, 1.54) is 0 Å². The number of carbonyl (C=O) groups is 1. The number of imidazole rings is 1. The number of benzene rings is 1. The second-order valence-corrected chi connectivity index (χ2v) is 9.25. The predicted molar refractivity (Wildman–Crippen MR) is 138 cm³/mol. The molecular weight excluding hydrogens is 456 g/mol. The Bertz CT molecular complexity index is 1430. The number of hydrogen-bond donors (Lipinski definition) is 1. The van der Waals surface area contributed by atoms with Gasteiger partial charge in [0, 0.05) is 69.6 Å². The van der Waals surface area contributed by atoms with Crippen LogP contribution in [0.25, 0.3) is 16.9 Å². The molecule has 2 N–H and O–H groups in total. The van der Waals surface area contributed by atoms with Gasteiger partial charge in [0.1, 0.15) is 11.4 Å². The molecule has 10 heteroatoms. The average molecular weight is 485 g/mol. The Morgan fingerprint density at radius 1 is 1.08 bits per heavy atom. The number of piperazine rings is 1. The summed E-state index contributed by atoms with van der Waals surface area (Å²) < 4.78 is 7.90. The van der Waals surface area contributed by atoms with Crippen molar-refractivity contribution >= 4 is 28.9 Å². The average Bonchev–Trinajstić information content (AvgIpc) is 3.25. The lowest BCUT2D eigenvalue weighted by Gasteiger charge is -2.34. The first-order valence-electron chi connectivity index (χ1n) is 12.1. The first-order chi connectivity index (χ1) is 17.5. The van der Waals surface area contributed by atoms with Crippen LogP contribution in [0.4, 0.5) is 17.3 Å². The van der Waals surface area contributed by atoms with Gasteiger partial charge in [-0.1, -0.05) is 0 Å². The van der Waals surface area contributed by atoms with E-state index in [4.69, 9.17) is 15.5 Å². The molecule has 0 spiro atoms. The molecule has 6 rings (SSSR count). The Balaban J connectivity index is 1.33. The van der Waals surface area contributed by atoms with Gasteiger partial charge in [-0.2, -0.15) is 0 Å². The number of ether oxygens (including phenoxy) is 1. The zero-order chi connectivity index (χ0) is 24.8. The van der Waals surface area contributed by atoms with Crippen LogP contribution in [-0.4, -0.2) is 69.5 Å². The highest BCUT2D eigenvalue weighted by Gasteiger charge is 2.30. The van der Waals surface area contributed by atoms with Gasteiger partial charge in [-0.15, -0.1) is 0 Å². The van der Waals surface area contributed by atoms with Crippen molar-refractivity contribution < 1.29 is 9.53 Å². The maximum atomic E-state index is 12.5. The summed E-state index contributed by atoms with van der Waals surface area (Å²) >= 11 is 0. The Morgan fingerprint density at radius 3 is 2.64 bits per heavy atom. The number of carbonyl (C=O) groups excluding carboxylic acids is 1. The molecule has 1 unspecified atom stereocenters. The molecule has 3 aromatic heterocycles. The number of nitrogens with two attached hydrogens (primary N) is 1. The van der Waals surface area contributed by atoms with Gasteiger partial charge in [-0.25, -0.2) is 15.0 Å². The number of likely N-dealkylation sites (N-methyl/N-ethyl adjacent to an activating group) is 1. The van der Waals surface area contributed by atoms with E-state index in [1.807, 2.05) is 42.6 Å². The van der Waals surface area contributed by atoms with E-state index in [1.54, 1.807) is 31.3 Å². The van der Waals surface area contributed by atoms with Crippen LogP contribution in [0.5, 0.6) is 5.75 Å². The Morgan fingerprint density at radius 2 is 1.86 bits per heavy atom. The Labute approximate surface area is 208 Å². The molecule has 1 saturated heterocycles. The van der Waals surface area contributed by atoms with Crippen LogP contribution in [0.2, 0.25) is 0 Å². The van der Waals surface area contributed by atoms with Crippen LogP contribution < -0.4 is 20.3 Å². The van der Waals surface area contributed by atoms with Gasteiger partial charge in [0.25, 0.3) is 5.91 Å². The molecule has 1 fully saturated rings. The quantitative estimate of drug-likeness (QED) is 0.471. The molecule has 4 aromatic rings. The second kappa shape index (κ2) is 8.80. The van der Waals surface area contributed by atoms with Crippen molar-refractivity contribution in [3.63, 3.8) is 0 Å². The van der Waals surface area contributed by atoms with Gasteiger partial charge in [0.05, 0.1) is 17.1 Å². The summed E-state index contributed by atoms with van der Waals surface area (Å²) in [5.74, 6) is 1.40. The number of aromatic nitrogens is 4. The van der Waals surface area contributed by atoms with Crippen molar-refractivity contribution in [2.24, 2.45) is 0 Å². The van der Waals surface area contributed by atoms with Crippen molar-refractivity contribution in [3.8, 4) is 17.0 Å². The highest BCUT2D eigenvalue weighted by atomic mass is 16.5. The van der Waals surface area contributed by atoms with Crippen molar-refractivity contribution in [2.45, 2.75) is 19.6 Å². The number of fused-ring (bicyclic) bond motifs is 2. The lowest BCUT2D eigenvalue weighted by molar-refractivity contribution is -0.125. The highest BCUT2D eigenvalue weighted by molar-refractivity contribution is 6.00. The number of anilines is 3. The van der Waals surface area contributed by atoms with Crippen LogP contribution in [0.15, 0.2) is 55.0 Å². The fraction of sp³-hybridized carbons (Fsp3) is 0.308. The number of nitrogen functional groups attached to an aromatic ring is 1. The molecule has 0 bridgehead atoms. The fourth-order valence-electron chi connectivity index (χ4n) is 4.92. The van der Waals surface area contributed by atoms with Crippen LogP contribution >= 0.6 is 0 Å². The van der Waals surface area contributed by atoms with Gasteiger partial charge >= 0.3 is 0 Å². The van der Waals surface area contributed by atoms with E-state index >= 15 is 0 Å². The van der Waals surface area contributed by atoms with Crippen LogP contribution in [0.1, 0.15) is 12.6 Å². The minimum Gasteiger partial charge on any atom is -0.479 e. The molecule has 0 radical (unpaired) electrons. The molecule has 10 nitrogen and oxygen atoms in total. The largest absolute Gasteiger partial charge is 0.479 e. The number of hydrogen-bond acceptors (Lipinski definition) is 8. The SMILES string of the molecule is CC1Oc2ccc(-c3nc4ccc(N)cn4c3CN3CCN(c4ncccn4)CC3)cc2N(C)C1=O. The van der Waals surface area contributed by atoms with E-state index in [-0.39, 0.29) is 5.91 Å². The first-order valence-corrected chi connectivity index (χ1v) is 12.1. The van der Waals surface area contributed by atoms with Gasteiger partial charge < -0.3 is 24.7 Å². The first kappa shape index (κ1) is 22.3. The van der Waals surface area contributed by atoms with Gasteiger partial charge in [0.2, 0.25) is 5.95 Å². The summed E-state index contributed by atoms with van der Waals surface area (Å²) in [6.45, 7) is 5.92. The minimum absolute atomic E-state index is 0.0667. The summed E-state index contributed by atoms with van der Waals surface area (Å²) in [6, 6.07) is 11.5. The van der Waals surface area contributed by atoms with E-state index in [0.29, 0.717) is 18.0 Å². The summed E-state index contributed by atoms with van der Waals surface area (Å²) in [6.07, 6.45) is 4.98. The molecule has 184 valence electrons. The normalized spacial score (nSPS) is 18.4. The molecule has 2 aliphatic heterocycles. The third kappa shape index (κ3) is 3.89. The topological polar surface area (TPSA) is 105 Å². The van der Waals surface area contributed by atoms with E-state index in [2.05, 4.69) is 24.2 Å². The Kier molecular flexibility index (Phi) is 5.45. The molecule has 1 aromatic carbocycles. The van der Waals surface area contributed by atoms with Crippen LogP contribution in [0.3, 0.4) is 0 Å². The lowest BCUT2D eigenvalue weighted by atomic mass is 10.1. The van der Waals surface area contributed by atoms with Gasteiger partial charge in [-0.05, 0) is 43.3 Å². The summed E-state index contributed by atoms with van der Waals surface area (Å²) in [7, 11) is 1.78. The summed E-state index contributed by atoms with van der Waals surface area (Å²) in [4.78, 5) is 32.5. The van der Waals surface area contributed by atoms with Gasteiger partial charge in [0.15, 0.2) is 6.10 Å². The third-order valence-corrected chi connectivity index (χ3v) is 6.90. The maximum absolute atomic E-state index is 12.5. The Hall–Kier alpha value is -4.18. The number of pyridine rings is 1. The smallest absolute Gasteiger partial charge is 0.267 e. The molecule has 5 heterocycles. The zero-order valence-electron chi connectivity index (χ0n) is 20.3. The van der Waals surface area contributed by atoms with Crippen LogP contribution in [-0.2, 0) is 11.3 Å². The van der Waals surface area contributed by atoms with Gasteiger partial charge in [-0.3, -0.25) is 9.69 Å². The van der Waals surface area contributed by atoms with Crippen molar-refractivity contribution in [1.29, 1.82) is 0 Å². The summed E-state index contributed by atoms with van der Waals surface area (Å²) in [5.41, 5.74) is 11.3. The minimum atomic E-state index is -0.498. The van der Waals surface area contributed by atoms with Crippen molar-refractivity contribution in [1.82, 2.24) is 24.3 Å². The second-order valence-electron chi connectivity index (χ2n) is 9.25. The lowest BCUT2D eigenvalue weighted by Crippen LogP contribution is -2.46. The standard InChI is InChI=1S/C26H28N8O2/c1-17-25(35)31(2)20-14-18(4-6-22(20)36-17)24-21(34-15-19(27)5-7-23(34)30-24)16-32-10-12-33(13-11-32)26-28-8-3-9-29-26/h3-9,14-15,17H,10-13,16,27H2,1-2H3. The van der Waals surface area contributed by atoms with Crippen molar-refractivity contribution in [2.75, 3.05) is 48.8 Å².